The van der Waals surface area contributed by atoms with Crippen LogP contribution in [0.3, 0.4) is 0 Å². The van der Waals surface area contributed by atoms with E-state index in [9.17, 15) is 9.59 Å². The summed E-state index contributed by atoms with van der Waals surface area (Å²) in [6.45, 7) is 4.37. The number of hydrogen-bond acceptors (Lipinski definition) is 4. The van der Waals surface area contributed by atoms with E-state index in [1.165, 1.54) is 22.2 Å². The first-order chi connectivity index (χ1) is 10.4. The number of hydrogen-bond donors (Lipinski definition) is 1. The molecule has 22 heavy (non-hydrogen) atoms. The average molecular weight is 335 g/mol. The number of nitrogens with zero attached hydrogens (tertiary/aromatic N) is 1. The Bertz CT molecular complexity index is 635. The van der Waals surface area contributed by atoms with Crippen LogP contribution in [0.5, 0.6) is 0 Å². The van der Waals surface area contributed by atoms with Gasteiger partial charge in [-0.15, -0.1) is 0 Å². The summed E-state index contributed by atoms with van der Waals surface area (Å²) >= 11 is 6.37. The Labute approximate surface area is 139 Å². The van der Waals surface area contributed by atoms with Crippen LogP contribution >= 0.6 is 24.0 Å². The Balaban J connectivity index is 2.13. The Morgan fingerprint density at radius 3 is 2.55 bits per heavy atom. The fraction of sp³-hybridized carbons (Fsp3) is 0.312. The van der Waals surface area contributed by atoms with Crippen molar-refractivity contribution in [3.05, 3.63) is 40.3 Å². The van der Waals surface area contributed by atoms with Gasteiger partial charge in [0.1, 0.15) is 4.32 Å². The Kier molecular flexibility index (Phi) is 5.37. The number of thioether (sulfide) groups is 1. The van der Waals surface area contributed by atoms with E-state index in [0.29, 0.717) is 15.1 Å². The summed E-state index contributed by atoms with van der Waals surface area (Å²) in [6.07, 6.45) is 1.69. The zero-order chi connectivity index (χ0) is 16.3. The average Bonchev–Trinajstić information content (AvgIpc) is 2.72. The smallest absolute Gasteiger partial charge is 0.305 e. The molecular formula is C16H17NO3S2. The zero-order valence-corrected chi connectivity index (χ0v) is 14.0. The lowest BCUT2D eigenvalue weighted by atomic mass is 10.0. The summed E-state index contributed by atoms with van der Waals surface area (Å²) < 4.78 is 0.413. The number of carboxylic acid groups (broad SMARTS) is 1. The van der Waals surface area contributed by atoms with Crippen LogP contribution in [0.2, 0.25) is 0 Å². The number of carbonyl (C=O) groups excluding carboxylic acids is 1. The van der Waals surface area contributed by atoms with Crippen molar-refractivity contribution in [2.24, 2.45) is 0 Å². The molecule has 0 spiro atoms. The Hall–Kier alpha value is -1.66. The fourth-order valence-electron chi connectivity index (χ4n) is 2.03. The quantitative estimate of drug-likeness (QED) is 0.659. The Morgan fingerprint density at radius 1 is 1.36 bits per heavy atom. The number of carbonyl (C=O) groups is 2. The van der Waals surface area contributed by atoms with Gasteiger partial charge in [0.15, 0.2) is 0 Å². The molecule has 0 unspecified atom stereocenters. The van der Waals surface area contributed by atoms with Crippen LogP contribution in [0.4, 0.5) is 0 Å². The second-order valence-electron chi connectivity index (χ2n) is 5.30. The summed E-state index contributed by atoms with van der Waals surface area (Å²) in [5.74, 6) is -0.699. The SMILES string of the molecule is CC(C)c1ccc(/C=C2\SC(=S)N(CCC(=O)O)C2=O)cc1. The van der Waals surface area contributed by atoms with E-state index in [1.54, 1.807) is 6.08 Å². The highest BCUT2D eigenvalue weighted by Crippen LogP contribution is 2.32. The van der Waals surface area contributed by atoms with Crippen LogP contribution in [0, 0.1) is 0 Å². The largest absolute Gasteiger partial charge is 0.481 e. The highest BCUT2D eigenvalue weighted by molar-refractivity contribution is 8.26. The maximum absolute atomic E-state index is 12.3. The van der Waals surface area contributed by atoms with Crippen molar-refractivity contribution >= 4 is 46.3 Å². The van der Waals surface area contributed by atoms with Crippen LogP contribution in [0.1, 0.15) is 37.3 Å². The van der Waals surface area contributed by atoms with E-state index < -0.39 is 5.97 Å². The van der Waals surface area contributed by atoms with E-state index in [-0.39, 0.29) is 18.9 Å². The van der Waals surface area contributed by atoms with Crippen molar-refractivity contribution in [1.82, 2.24) is 4.90 Å². The van der Waals surface area contributed by atoms with Crippen LogP contribution in [-0.4, -0.2) is 32.7 Å². The number of benzene rings is 1. The normalized spacial score (nSPS) is 16.9. The predicted molar refractivity (Wildman–Crippen MR) is 92.7 cm³/mol. The zero-order valence-electron chi connectivity index (χ0n) is 12.4. The molecular weight excluding hydrogens is 318 g/mol. The third-order valence-electron chi connectivity index (χ3n) is 3.32. The van der Waals surface area contributed by atoms with Gasteiger partial charge in [0.05, 0.1) is 11.3 Å². The minimum atomic E-state index is -0.942. The van der Waals surface area contributed by atoms with Gasteiger partial charge in [-0.25, -0.2) is 0 Å². The summed E-state index contributed by atoms with van der Waals surface area (Å²) in [5, 5.41) is 8.72. The van der Waals surface area contributed by atoms with Crippen molar-refractivity contribution in [1.29, 1.82) is 0 Å². The van der Waals surface area contributed by atoms with Crippen molar-refractivity contribution in [2.75, 3.05) is 6.54 Å². The van der Waals surface area contributed by atoms with Crippen LogP contribution in [-0.2, 0) is 9.59 Å². The summed E-state index contributed by atoms with van der Waals surface area (Å²) in [7, 11) is 0. The fourth-order valence-corrected chi connectivity index (χ4v) is 3.34. The van der Waals surface area contributed by atoms with E-state index in [2.05, 4.69) is 13.8 Å². The van der Waals surface area contributed by atoms with Gasteiger partial charge in [0.2, 0.25) is 0 Å². The molecule has 1 aromatic rings. The highest BCUT2D eigenvalue weighted by Gasteiger charge is 2.31. The van der Waals surface area contributed by atoms with Crippen LogP contribution < -0.4 is 0 Å². The molecule has 4 nitrogen and oxygen atoms in total. The molecule has 0 aliphatic carbocycles. The second kappa shape index (κ2) is 7.07. The van der Waals surface area contributed by atoms with Crippen LogP contribution in [0.25, 0.3) is 6.08 Å². The molecule has 1 aliphatic rings. The van der Waals surface area contributed by atoms with E-state index in [4.69, 9.17) is 17.3 Å². The highest BCUT2D eigenvalue weighted by atomic mass is 32.2. The van der Waals surface area contributed by atoms with Crippen molar-refractivity contribution in [3.8, 4) is 0 Å². The lowest BCUT2D eigenvalue weighted by molar-refractivity contribution is -0.137. The van der Waals surface area contributed by atoms with Crippen molar-refractivity contribution in [2.45, 2.75) is 26.2 Å². The van der Waals surface area contributed by atoms with Gasteiger partial charge in [0.25, 0.3) is 5.91 Å². The number of rotatable bonds is 5. The third kappa shape index (κ3) is 3.96. The molecule has 0 bridgehead atoms. The van der Waals surface area contributed by atoms with Gasteiger partial charge in [-0.05, 0) is 23.1 Å². The molecule has 0 radical (unpaired) electrons. The van der Waals surface area contributed by atoms with Crippen molar-refractivity contribution < 1.29 is 14.7 Å². The summed E-state index contributed by atoms with van der Waals surface area (Å²) in [6, 6.07) is 8.03. The lowest BCUT2D eigenvalue weighted by Gasteiger charge is -2.12. The maximum Gasteiger partial charge on any atom is 0.305 e. The van der Waals surface area contributed by atoms with Gasteiger partial charge in [-0.1, -0.05) is 62.1 Å². The van der Waals surface area contributed by atoms with Gasteiger partial charge < -0.3 is 5.11 Å². The molecule has 1 aromatic carbocycles. The minimum Gasteiger partial charge on any atom is -0.481 e. The number of thiocarbonyl (C=S) groups is 1. The molecule has 116 valence electrons. The lowest BCUT2D eigenvalue weighted by Crippen LogP contribution is -2.30. The van der Waals surface area contributed by atoms with Crippen LogP contribution in [0.15, 0.2) is 29.2 Å². The maximum atomic E-state index is 12.3. The second-order valence-corrected chi connectivity index (χ2v) is 6.97. The molecule has 0 saturated carbocycles. The first-order valence-electron chi connectivity index (χ1n) is 6.95. The molecule has 1 N–H and O–H groups in total. The predicted octanol–water partition coefficient (Wildman–Crippen LogP) is 3.49. The number of aliphatic carboxylic acids is 1. The van der Waals surface area contributed by atoms with Gasteiger partial charge in [-0.2, -0.15) is 0 Å². The molecule has 2 rings (SSSR count). The minimum absolute atomic E-state index is 0.108. The number of carboxylic acids is 1. The topological polar surface area (TPSA) is 57.6 Å². The van der Waals surface area contributed by atoms with Crippen molar-refractivity contribution in [3.63, 3.8) is 0 Å². The number of amides is 1. The molecule has 0 aromatic heterocycles. The molecule has 1 aliphatic heterocycles. The van der Waals surface area contributed by atoms with Gasteiger partial charge in [0, 0.05) is 6.54 Å². The Morgan fingerprint density at radius 2 is 2.00 bits per heavy atom. The molecule has 6 heteroatoms. The van der Waals surface area contributed by atoms with E-state index >= 15 is 0 Å². The van der Waals surface area contributed by atoms with E-state index in [1.807, 2.05) is 24.3 Å². The molecule has 1 saturated heterocycles. The summed E-state index contributed by atoms with van der Waals surface area (Å²) in [4.78, 5) is 24.8. The van der Waals surface area contributed by atoms with Gasteiger partial charge >= 0.3 is 5.97 Å². The monoisotopic (exact) mass is 335 g/mol. The molecule has 0 atom stereocenters. The first kappa shape index (κ1) is 16.7. The first-order valence-corrected chi connectivity index (χ1v) is 8.18. The molecule has 1 amide bonds. The summed E-state index contributed by atoms with van der Waals surface area (Å²) in [5.41, 5.74) is 2.18. The standard InChI is InChI=1S/C16H17NO3S2/c1-10(2)12-5-3-11(4-6-12)9-13-15(20)17(16(21)22-13)8-7-14(18)19/h3-6,9-10H,7-8H2,1-2H3,(H,18,19)/b13-9-. The van der Waals surface area contributed by atoms with E-state index in [0.717, 1.165) is 5.56 Å². The molecule has 1 heterocycles. The molecule has 1 fully saturated rings. The van der Waals surface area contributed by atoms with Gasteiger partial charge in [-0.3, -0.25) is 14.5 Å². The third-order valence-corrected chi connectivity index (χ3v) is 4.70.